The summed E-state index contributed by atoms with van der Waals surface area (Å²) in [6, 6.07) is 14.7. The first kappa shape index (κ1) is 18.5. The number of aromatic nitrogens is 2. The monoisotopic (exact) mass is 414 g/mol. The van der Waals surface area contributed by atoms with E-state index in [9.17, 15) is 14.4 Å². The van der Waals surface area contributed by atoms with Crippen LogP contribution < -0.4 is 5.32 Å². The number of imide groups is 1. The molecule has 4 aromatic rings. The fraction of sp³-hybridized carbons (Fsp3) is 0.0455. The molecule has 3 amide bonds. The van der Waals surface area contributed by atoms with Gasteiger partial charge in [-0.15, -0.1) is 10.2 Å². The Labute approximate surface area is 175 Å². The molecule has 0 radical (unpaired) electrons. The summed E-state index contributed by atoms with van der Waals surface area (Å²) in [5.74, 6) is -0.488. The van der Waals surface area contributed by atoms with Crippen LogP contribution >= 0.6 is 0 Å². The number of anilines is 1. The smallest absolute Gasteiger partial charge is 0.261 e. The van der Waals surface area contributed by atoms with E-state index in [1.807, 2.05) is 0 Å². The van der Waals surface area contributed by atoms with E-state index in [0.29, 0.717) is 22.9 Å². The maximum Gasteiger partial charge on any atom is 0.261 e. The van der Waals surface area contributed by atoms with Crippen LogP contribution in [-0.4, -0.2) is 32.8 Å². The van der Waals surface area contributed by atoms with E-state index in [-0.39, 0.29) is 23.2 Å². The Hall–Kier alpha value is -4.53. The summed E-state index contributed by atoms with van der Waals surface area (Å²) in [6.45, 7) is 0.0311. The number of fused-ring (bicyclic) bond motifs is 1. The summed E-state index contributed by atoms with van der Waals surface area (Å²) < 4.78 is 10.4. The Kier molecular flexibility index (Phi) is 4.40. The normalized spacial score (nSPS) is 12.8. The molecular weight excluding hydrogens is 400 g/mol. The van der Waals surface area contributed by atoms with Gasteiger partial charge >= 0.3 is 0 Å². The lowest BCUT2D eigenvalue weighted by molar-refractivity contribution is 0.0631. The zero-order valence-electron chi connectivity index (χ0n) is 15.9. The van der Waals surface area contributed by atoms with E-state index >= 15 is 0 Å². The highest BCUT2D eigenvalue weighted by molar-refractivity contribution is 6.22. The Morgan fingerprint density at radius 3 is 2.61 bits per heavy atom. The fourth-order valence-corrected chi connectivity index (χ4v) is 3.37. The molecular formula is C22H14N4O5. The molecule has 2 aromatic carbocycles. The second-order valence-electron chi connectivity index (χ2n) is 6.81. The molecule has 0 saturated carbocycles. The minimum absolute atomic E-state index is 0.0311. The molecule has 9 nitrogen and oxygen atoms in total. The molecule has 0 aliphatic carbocycles. The fourth-order valence-electron chi connectivity index (χ4n) is 3.37. The van der Waals surface area contributed by atoms with Crippen molar-refractivity contribution in [3.05, 3.63) is 89.7 Å². The van der Waals surface area contributed by atoms with E-state index in [2.05, 4.69) is 15.5 Å². The maximum atomic E-state index is 12.8. The van der Waals surface area contributed by atoms with Gasteiger partial charge in [0.05, 0.1) is 23.9 Å². The molecule has 1 aliphatic heterocycles. The first-order chi connectivity index (χ1) is 15.1. The van der Waals surface area contributed by atoms with Gasteiger partial charge in [-0.2, -0.15) is 0 Å². The molecule has 0 saturated heterocycles. The molecule has 0 spiro atoms. The van der Waals surface area contributed by atoms with Crippen LogP contribution in [0, 0.1) is 0 Å². The molecule has 0 atom stereocenters. The summed E-state index contributed by atoms with van der Waals surface area (Å²) in [4.78, 5) is 39.2. The van der Waals surface area contributed by atoms with Crippen molar-refractivity contribution in [2.24, 2.45) is 0 Å². The van der Waals surface area contributed by atoms with Crippen LogP contribution in [0.5, 0.6) is 0 Å². The van der Waals surface area contributed by atoms with Crippen LogP contribution in [-0.2, 0) is 6.54 Å². The number of furan rings is 1. The van der Waals surface area contributed by atoms with Gasteiger partial charge in [0, 0.05) is 16.8 Å². The highest BCUT2D eigenvalue weighted by Crippen LogP contribution is 2.26. The van der Waals surface area contributed by atoms with Gasteiger partial charge < -0.3 is 14.2 Å². The molecule has 152 valence electrons. The molecule has 5 rings (SSSR count). The number of hydrogen-bond donors (Lipinski definition) is 1. The number of hydrogen-bond acceptors (Lipinski definition) is 7. The van der Waals surface area contributed by atoms with Gasteiger partial charge in [0.2, 0.25) is 12.3 Å². The third-order valence-corrected chi connectivity index (χ3v) is 4.85. The standard InChI is InChI=1S/C22H14N4O5/c27-19(24-15-4-1-3-14(9-15)20-25-23-12-31-20)13-6-7-17-18(10-13)22(29)26(21(17)28)11-16-5-2-8-30-16/h1-10,12H,11H2,(H,24,27). The van der Waals surface area contributed by atoms with Crippen molar-refractivity contribution >= 4 is 23.4 Å². The lowest BCUT2D eigenvalue weighted by Gasteiger charge is -2.11. The average molecular weight is 414 g/mol. The third kappa shape index (κ3) is 3.38. The summed E-state index contributed by atoms with van der Waals surface area (Å²) in [7, 11) is 0. The number of benzene rings is 2. The second-order valence-corrected chi connectivity index (χ2v) is 6.81. The van der Waals surface area contributed by atoms with Crippen molar-refractivity contribution in [2.45, 2.75) is 6.54 Å². The molecule has 1 N–H and O–H groups in total. The van der Waals surface area contributed by atoms with Crippen molar-refractivity contribution < 1.29 is 23.2 Å². The summed E-state index contributed by atoms with van der Waals surface area (Å²) >= 11 is 0. The largest absolute Gasteiger partial charge is 0.467 e. The Morgan fingerprint density at radius 1 is 0.968 bits per heavy atom. The van der Waals surface area contributed by atoms with E-state index in [4.69, 9.17) is 8.83 Å². The predicted octanol–water partition coefficient (Wildman–Crippen LogP) is 3.38. The van der Waals surface area contributed by atoms with E-state index < -0.39 is 17.7 Å². The zero-order valence-corrected chi connectivity index (χ0v) is 15.9. The van der Waals surface area contributed by atoms with Crippen LogP contribution in [0.1, 0.15) is 36.8 Å². The summed E-state index contributed by atoms with van der Waals surface area (Å²) in [6.07, 6.45) is 2.70. The minimum atomic E-state index is -0.468. The topological polar surface area (TPSA) is 119 Å². The zero-order chi connectivity index (χ0) is 21.4. The van der Waals surface area contributed by atoms with E-state index in [1.165, 1.54) is 30.9 Å². The van der Waals surface area contributed by atoms with Gasteiger partial charge in [0.25, 0.3) is 17.7 Å². The average Bonchev–Trinajstić information content (AvgIpc) is 3.54. The predicted molar refractivity (Wildman–Crippen MR) is 107 cm³/mol. The molecule has 3 heterocycles. The van der Waals surface area contributed by atoms with Gasteiger partial charge in [-0.25, -0.2) is 0 Å². The van der Waals surface area contributed by atoms with Crippen LogP contribution in [0.3, 0.4) is 0 Å². The highest BCUT2D eigenvalue weighted by atomic mass is 16.4. The van der Waals surface area contributed by atoms with E-state index in [1.54, 1.807) is 36.4 Å². The molecule has 1 aliphatic rings. The number of rotatable bonds is 5. The first-order valence-corrected chi connectivity index (χ1v) is 9.31. The number of amides is 3. The van der Waals surface area contributed by atoms with Crippen molar-refractivity contribution in [2.75, 3.05) is 5.32 Å². The van der Waals surface area contributed by atoms with Crippen molar-refractivity contribution in [3.8, 4) is 11.5 Å². The molecule has 9 heteroatoms. The molecule has 31 heavy (non-hydrogen) atoms. The molecule has 0 fully saturated rings. The maximum absolute atomic E-state index is 12.8. The number of carbonyl (C=O) groups excluding carboxylic acids is 3. The van der Waals surface area contributed by atoms with Crippen molar-refractivity contribution in [3.63, 3.8) is 0 Å². The SMILES string of the molecule is O=C(Nc1cccc(-c2nnco2)c1)c1ccc2c(c1)C(=O)N(Cc1ccco1)C2=O. The molecule has 2 aromatic heterocycles. The number of carbonyl (C=O) groups is 3. The van der Waals surface area contributed by atoms with E-state index in [0.717, 1.165) is 4.90 Å². The van der Waals surface area contributed by atoms with Crippen molar-refractivity contribution in [1.29, 1.82) is 0 Å². The number of nitrogens with one attached hydrogen (secondary N) is 1. The summed E-state index contributed by atoms with van der Waals surface area (Å²) in [5.41, 5.74) is 1.86. The van der Waals surface area contributed by atoms with Gasteiger partial charge in [-0.05, 0) is 48.5 Å². The minimum Gasteiger partial charge on any atom is -0.467 e. The van der Waals surface area contributed by atoms with Gasteiger partial charge in [-0.3, -0.25) is 19.3 Å². The van der Waals surface area contributed by atoms with Gasteiger partial charge in [0.15, 0.2) is 0 Å². The second kappa shape index (κ2) is 7.38. The Bertz CT molecular complexity index is 1300. The summed E-state index contributed by atoms with van der Waals surface area (Å²) in [5, 5.41) is 10.3. The highest BCUT2D eigenvalue weighted by Gasteiger charge is 2.36. The van der Waals surface area contributed by atoms with Crippen LogP contribution in [0.2, 0.25) is 0 Å². The quantitative estimate of drug-likeness (QED) is 0.497. The van der Waals surface area contributed by atoms with Crippen LogP contribution in [0.25, 0.3) is 11.5 Å². The number of nitrogens with zero attached hydrogens (tertiary/aromatic N) is 3. The van der Waals surface area contributed by atoms with Crippen molar-refractivity contribution in [1.82, 2.24) is 15.1 Å². The van der Waals surface area contributed by atoms with Gasteiger partial charge in [0.1, 0.15) is 5.76 Å². The Balaban J connectivity index is 1.37. The lowest BCUT2D eigenvalue weighted by atomic mass is 10.1. The van der Waals surface area contributed by atoms with Crippen LogP contribution in [0.15, 0.2) is 76.1 Å². The molecule has 0 unspecified atom stereocenters. The first-order valence-electron chi connectivity index (χ1n) is 9.31. The van der Waals surface area contributed by atoms with Gasteiger partial charge in [-0.1, -0.05) is 6.07 Å². The lowest BCUT2D eigenvalue weighted by Crippen LogP contribution is -2.28. The third-order valence-electron chi connectivity index (χ3n) is 4.85. The van der Waals surface area contributed by atoms with Crippen LogP contribution in [0.4, 0.5) is 5.69 Å². The molecule has 0 bridgehead atoms. The Morgan fingerprint density at radius 2 is 1.84 bits per heavy atom.